The molecule has 4 rings (SSSR count). The number of carbonyl (C=O) groups excluding carboxylic acids is 1. The van der Waals surface area contributed by atoms with E-state index in [9.17, 15) is 9.18 Å². The van der Waals surface area contributed by atoms with Gasteiger partial charge in [0.1, 0.15) is 11.6 Å². The van der Waals surface area contributed by atoms with Crippen LogP contribution in [-0.4, -0.2) is 49.1 Å². The summed E-state index contributed by atoms with van der Waals surface area (Å²) in [6.45, 7) is 3.03. The highest BCUT2D eigenvalue weighted by atomic mass is 19.1. The van der Waals surface area contributed by atoms with Gasteiger partial charge < -0.3 is 15.1 Å². The van der Waals surface area contributed by atoms with Gasteiger partial charge in [-0.05, 0) is 61.7 Å². The van der Waals surface area contributed by atoms with Crippen LogP contribution in [0.2, 0.25) is 0 Å². The van der Waals surface area contributed by atoms with Crippen molar-refractivity contribution in [1.82, 2.24) is 15.3 Å². The minimum absolute atomic E-state index is 0.0603. The SMILES string of the molecule is CN(CCCNC(=O)[C@H]1CCCN(c2ccnc(-c3ccc(F)cc3)n2)C1)c1ccccc1. The van der Waals surface area contributed by atoms with Crippen LogP contribution in [-0.2, 0) is 4.79 Å². The highest BCUT2D eigenvalue weighted by molar-refractivity contribution is 5.79. The zero-order valence-electron chi connectivity index (χ0n) is 19.0. The molecule has 3 aromatic rings. The third kappa shape index (κ3) is 6.06. The molecule has 1 aliphatic rings. The van der Waals surface area contributed by atoms with Crippen molar-refractivity contribution in [3.63, 3.8) is 0 Å². The molecule has 7 heteroatoms. The molecule has 0 unspecified atom stereocenters. The van der Waals surface area contributed by atoms with Crippen LogP contribution in [0.4, 0.5) is 15.9 Å². The van der Waals surface area contributed by atoms with E-state index >= 15 is 0 Å². The number of anilines is 2. The fourth-order valence-corrected chi connectivity index (χ4v) is 4.15. The van der Waals surface area contributed by atoms with Gasteiger partial charge in [0, 0.05) is 50.7 Å². The number of rotatable bonds is 8. The van der Waals surface area contributed by atoms with Gasteiger partial charge in [0.25, 0.3) is 0 Å². The first kappa shape index (κ1) is 22.7. The summed E-state index contributed by atoms with van der Waals surface area (Å²) in [4.78, 5) is 26.1. The van der Waals surface area contributed by atoms with Gasteiger partial charge in [0.2, 0.25) is 5.91 Å². The molecule has 0 aliphatic carbocycles. The second-order valence-corrected chi connectivity index (χ2v) is 8.43. The van der Waals surface area contributed by atoms with Crippen molar-refractivity contribution in [3.05, 3.63) is 72.7 Å². The number of benzene rings is 2. The number of carbonyl (C=O) groups is 1. The molecule has 6 nitrogen and oxygen atoms in total. The highest BCUT2D eigenvalue weighted by Crippen LogP contribution is 2.24. The molecule has 0 radical (unpaired) electrons. The van der Waals surface area contributed by atoms with Gasteiger partial charge >= 0.3 is 0 Å². The Hall–Kier alpha value is -3.48. The van der Waals surface area contributed by atoms with E-state index in [0.717, 1.165) is 43.7 Å². The first-order valence-electron chi connectivity index (χ1n) is 11.5. The molecule has 0 bridgehead atoms. The standard InChI is InChI=1S/C26H30FN5O/c1-31(23-8-3-2-4-9-23)17-6-15-29-26(33)21-7-5-18-32(19-21)24-14-16-28-25(30-24)20-10-12-22(27)13-11-20/h2-4,8-14,16,21H,5-7,15,17-19H2,1H3,(H,29,33)/t21-/m0/s1. The Kier molecular flexibility index (Phi) is 7.50. The molecule has 0 spiro atoms. The number of hydrogen-bond acceptors (Lipinski definition) is 5. The van der Waals surface area contributed by atoms with E-state index in [2.05, 4.69) is 44.3 Å². The maximum absolute atomic E-state index is 13.2. The van der Waals surface area contributed by atoms with Crippen molar-refractivity contribution in [1.29, 1.82) is 0 Å². The number of hydrogen-bond donors (Lipinski definition) is 1. The third-order valence-electron chi connectivity index (χ3n) is 6.03. The zero-order valence-corrected chi connectivity index (χ0v) is 19.0. The number of para-hydroxylation sites is 1. The van der Waals surface area contributed by atoms with Crippen molar-refractivity contribution in [2.75, 3.05) is 43.0 Å². The summed E-state index contributed by atoms with van der Waals surface area (Å²) >= 11 is 0. The van der Waals surface area contributed by atoms with Crippen LogP contribution in [0.25, 0.3) is 11.4 Å². The fraction of sp³-hybridized carbons (Fsp3) is 0.346. The van der Waals surface area contributed by atoms with Crippen LogP contribution >= 0.6 is 0 Å². The molecule has 1 amide bonds. The van der Waals surface area contributed by atoms with Gasteiger partial charge in [-0.15, -0.1) is 0 Å². The normalized spacial score (nSPS) is 15.8. The van der Waals surface area contributed by atoms with E-state index in [1.165, 1.54) is 17.8 Å². The number of piperidine rings is 1. The van der Waals surface area contributed by atoms with Crippen LogP contribution in [0, 0.1) is 11.7 Å². The molecule has 33 heavy (non-hydrogen) atoms. The van der Waals surface area contributed by atoms with Gasteiger partial charge in [-0.3, -0.25) is 4.79 Å². The van der Waals surface area contributed by atoms with E-state index in [4.69, 9.17) is 0 Å². The summed E-state index contributed by atoms with van der Waals surface area (Å²) < 4.78 is 13.2. The third-order valence-corrected chi connectivity index (χ3v) is 6.03. The monoisotopic (exact) mass is 447 g/mol. The van der Waals surface area contributed by atoms with Gasteiger partial charge in [-0.25, -0.2) is 14.4 Å². The van der Waals surface area contributed by atoms with E-state index < -0.39 is 0 Å². The maximum atomic E-state index is 13.2. The van der Waals surface area contributed by atoms with Crippen molar-refractivity contribution in [3.8, 4) is 11.4 Å². The van der Waals surface area contributed by atoms with Crippen LogP contribution in [0.1, 0.15) is 19.3 Å². The topological polar surface area (TPSA) is 61.4 Å². The van der Waals surface area contributed by atoms with Gasteiger partial charge in [0.15, 0.2) is 5.82 Å². The number of halogens is 1. The molecular formula is C26H30FN5O. The molecule has 1 aliphatic heterocycles. The minimum atomic E-state index is -0.286. The Labute approximate surface area is 194 Å². The summed E-state index contributed by atoms with van der Waals surface area (Å²) in [6, 6.07) is 18.3. The lowest BCUT2D eigenvalue weighted by molar-refractivity contribution is -0.125. The predicted molar refractivity (Wildman–Crippen MR) is 130 cm³/mol. The number of aromatic nitrogens is 2. The van der Waals surface area contributed by atoms with Gasteiger partial charge in [-0.2, -0.15) is 0 Å². The van der Waals surface area contributed by atoms with Gasteiger partial charge in [0.05, 0.1) is 5.92 Å². The van der Waals surface area contributed by atoms with Crippen LogP contribution < -0.4 is 15.1 Å². The number of nitrogens with one attached hydrogen (secondary N) is 1. The average molecular weight is 448 g/mol. The quantitative estimate of drug-likeness (QED) is 0.526. The summed E-state index contributed by atoms with van der Waals surface area (Å²) in [7, 11) is 2.07. The zero-order chi connectivity index (χ0) is 23.0. The molecular weight excluding hydrogens is 417 g/mol. The smallest absolute Gasteiger partial charge is 0.224 e. The highest BCUT2D eigenvalue weighted by Gasteiger charge is 2.26. The lowest BCUT2D eigenvalue weighted by Gasteiger charge is -2.33. The molecule has 1 atom stereocenters. The van der Waals surface area contributed by atoms with Crippen LogP contribution in [0.5, 0.6) is 0 Å². The molecule has 172 valence electrons. The Balaban J connectivity index is 1.29. The van der Waals surface area contributed by atoms with E-state index in [1.807, 2.05) is 24.3 Å². The average Bonchev–Trinajstić information content (AvgIpc) is 2.87. The molecule has 0 saturated carbocycles. The minimum Gasteiger partial charge on any atom is -0.375 e. The molecule has 1 fully saturated rings. The number of nitrogens with zero attached hydrogens (tertiary/aromatic N) is 4. The molecule has 2 heterocycles. The lowest BCUT2D eigenvalue weighted by atomic mass is 9.97. The van der Waals surface area contributed by atoms with E-state index in [0.29, 0.717) is 18.9 Å². The van der Waals surface area contributed by atoms with E-state index in [-0.39, 0.29) is 17.6 Å². The lowest BCUT2D eigenvalue weighted by Crippen LogP contribution is -2.43. The second kappa shape index (κ2) is 10.9. The molecule has 1 saturated heterocycles. The second-order valence-electron chi connectivity index (χ2n) is 8.43. The molecule has 1 N–H and O–H groups in total. The summed E-state index contributed by atoms with van der Waals surface area (Å²) in [5.41, 5.74) is 1.95. The van der Waals surface area contributed by atoms with Crippen molar-refractivity contribution in [2.45, 2.75) is 19.3 Å². The summed E-state index contributed by atoms with van der Waals surface area (Å²) in [5, 5.41) is 3.11. The van der Waals surface area contributed by atoms with Crippen molar-refractivity contribution < 1.29 is 9.18 Å². The van der Waals surface area contributed by atoms with Crippen LogP contribution in [0.15, 0.2) is 66.9 Å². The Morgan fingerprint density at radius 1 is 1.15 bits per heavy atom. The van der Waals surface area contributed by atoms with Crippen molar-refractivity contribution in [2.24, 2.45) is 5.92 Å². The van der Waals surface area contributed by atoms with Crippen LogP contribution in [0.3, 0.4) is 0 Å². The van der Waals surface area contributed by atoms with Gasteiger partial charge in [-0.1, -0.05) is 18.2 Å². The largest absolute Gasteiger partial charge is 0.375 e. The first-order valence-corrected chi connectivity index (χ1v) is 11.5. The summed E-state index contributed by atoms with van der Waals surface area (Å²) in [6.07, 6.45) is 4.42. The maximum Gasteiger partial charge on any atom is 0.224 e. The fourth-order valence-electron chi connectivity index (χ4n) is 4.15. The van der Waals surface area contributed by atoms with Crippen molar-refractivity contribution >= 4 is 17.4 Å². The van der Waals surface area contributed by atoms with E-state index in [1.54, 1.807) is 18.3 Å². The first-order chi connectivity index (χ1) is 16.1. The summed E-state index contributed by atoms with van der Waals surface area (Å²) in [5.74, 6) is 1.11. The number of amides is 1. The Morgan fingerprint density at radius 2 is 1.94 bits per heavy atom. The Bertz CT molecular complexity index is 1040. The predicted octanol–water partition coefficient (Wildman–Crippen LogP) is 4.14. The Morgan fingerprint density at radius 3 is 2.73 bits per heavy atom. The molecule has 2 aromatic carbocycles. The molecule has 1 aromatic heterocycles.